The smallest absolute Gasteiger partial charge is 0.316 e. The molecule has 0 aromatic carbocycles. The molecule has 0 spiro atoms. The summed E-state index contributed by atoms with van der Waals surface area (Å²) in [6.07, 6.45) is 0. The zero-order chi connectivity index (χ0) is 7.56. The monoisotopic (exact) mass is 160 g/mol. The Hall–Kier alpha value is -0.380. The molecule has 4 heteroatoms. The van der Waals surface area contributed by atoms with Crippen LogP contribution < -0.4 is 10.6 Å². The highest BCUT2D eigenvalue weighted by atomic mass is 32.2. The number of thioether (sulfide) groups is 1. The van der Waals surface area contributed by atoms with E-state index in [4.69, 9.17) is 0 Å². The van der Waals surface area contributed by atoms with Crippen molar-refractivity contribution in [1.82, 2.24) is 10.6 Å². The van der Waals surface area contributed by atoms with E-state index in [1.807, 2.05) is 0 Å². The summed E-state index contributed by atoms with van der Waals surface area (Å²) in [6, 6.07) is -0.0440. The molecule has 1 heterocycles. The lowest BCUT2D eigenvalue weighted by Crippen LogP contribution is -2.48. The second-order valence-electron chi connectivity index (χ2n) is 2.63. The third-order valence-corrected chi connectivity index (χ3v) is 2.71. The second kappa shape index (κ2) is 3.14. The summed E-state index contributed by atoms with van der Waals surface area (Å²) in [7, 11) is 0. The molecule has 1 rings (SSSR count). The van der Waals surface area contributed by atoms with Crippen molar-refractivity contribution >= 4 is 17.8 Å². The Kier molecular flexibility index (Phi) is 2.43. The molecule has 1 unspecified atom stereocenters. The molecule has 3 nitrogen and oxygen atoms in total. The van der Waals surface area contributed by atoms with Gasteiger partial charge in [0, 0.05) is 0 Å². The van der Waals surface area contributed by atoms with Gasteiger partial charge in [-0.25, -0.2) is 4.79 Å². The van der Waals surface area contributed by atoms with E-state index in [1.54, 1.807) is 11.8 Å². The van der Waals surface area contributed by atoms with Gasteiger partial charge in [0.05, 0.1) is 11.3 Å². The molecule has 10 heavy (non-hydrogen) atoms. The third kappa shape index (κ3) is 1.80. The molecule has 1 aliphatic rings. The molecule has 1 saturated heterocycles. The molecular weight excluding hydrogens is 148 g/mol. The Bertz CT molecular complexity index is 138. The predicted octanol–water partition coefficient (Wildman–Crippen LogP) is 0.972. The van der Waals surface area contributed by atoms with Crippen LogP contribution in [-0.2, 0) is 0 Å². The summed E-state index contributed by atoms with van der Waals surface area (Å²) >= 11 is 1.73. The number of hydrogen-bond acceptors (Lipinski definition) is 2. The third-order valence-electron chi connectivity index (χ3n) is 1.37. The Morgan fingerprint density at radius 3 is 2.80 bits per heavy atom. The Morgan fingerprint density at radius 1 is 1.70 bits per heavy atom. The van der Waals surface area contributed by atoms with Gasteiger partial charge in [0.15, 0.2) is 0 Å². The van der Waals surface area contributed by atoms with Gasteiger partial charge in [0.25, 0.3) is 0 Å². The van der Waals surface area contributed by atoms with Crippen molar-refractivity contribution in [3.8, 4) is 0 Å². The van der Waals surface area contributed by atoms with Crippen LogP contribution in [0.4, 0.5) is 4.79 Å². The van der Waals surface area contributed by atoms with Crippen LogP contribution in [0.2, 0.25) is 0 Å². The molecule has 1 fully saturated rings. The molecule has 0 saturated carbocycles. The van der Waals surface area contributed by atoms with Gasteiger partial charge in [-0.1, -0.05) is 13.8 Å². The fourth-order valence-electron chi connectivity index (χ4n) is 0.778. The van der Waals surface area contributed by atoms with Crippen LogP contribution in [0.5, 0.6) is 0 Å². The van der Waals surface area contributed by atoms with E-state index in [0.717, 1.165) is 5.88 Å². The molecule has 0 bridgehead atoms. The number of hydrogen-bond donors (Lipinski definition) is 2. The molecule has 58 valence electrons. The van der Waals surface area contributed by atoms with Crippen molar-refractivity contribution < 1.29 is 4.79 Å². The maximum absolute atomic E-state index is 10.7. The molecule has 0 aromatic heterocycles. The summed E-state index contributed by atoms with van der Waals surface area (Å²) in [4.78, 5) is 10.7. The normalized spacial score (nSPS) is 25.9. The Labute approximate surface area is 64.9 Å². The molecular formula is C6H12N2OS. The molecule has 2 N–H and O–H groups in total. The molecule has 1 aliphatic heterocycles. The lowest BCUT2D eigenvalue weighted by molar-refractivity contribution is 0.238. The first kappa shape index (κ1) is 7.72. The van der Waals surface area contributed by atoms with Crippen molar-refractivity contribution in [1.29, 1.82) is 0 Å². The molecule has 0 aromatic rings. The van der Waals surface area contributed by atoms with Crippen molar-refractivity contribution in [2.45, 2.75) is 19.2 Å². The maximum atomic E-state index is 10.7. The van der Waals surface area contributed by atoms with E-state index in [2.05, 4.69) is 24.5 Å². The van der Waals surface area contributed by atoms with Crippen LogP contribution in [0.1, 0.15) is 13.8 Å². The zero-order valence-corrected chi connectivity index (χ0v) is 6.99. The van der Waals surface area contributed by atoms with Crippen molar-refractivity contribution in [2.24, 2.45) is 5.92 Å². The van der Waals surface area contributed by atoms with Crippen LogP contribution in [0, 0.1) is 5.92 Å². The maximum Gasteiger partial charge on any atom is 0.316 e. The number of urea groups is 1. The van der Waals surface area contributed by atoms with Crippen LogP contribution in [0.25, 0.3) is 0 Å². The predicted molar refractivity (Wildman–Crippen MR) is 42.8 cm³/mol. The van der Waals surface area contributed by atoms with E-state index in [9.17, 15) is 4.79 Å². The largest absolute Gasteiger partial charge is 0.329 e. The van der Waals surface area contributed by atoms with Gasteiger partial charge >= 0.3 is 6.03 Å². The fourth-order valence-corrected chi connectivity index (χ4v) is 1.75. The lowest BCUT2D eigenvalue weighted by Gasteiger charge is -2.26. The zero-order valence-electron chi connectivity index (χ0n) is 6.18. The number of nitrogens with one attached hydrogen (secondary N) is 2. The van der Waals surface area contributed by atoms with E-state index < -0.39 is 0 Å². The SMILES string of the molecule is CC(C)C1NC(=O)NCS1. The minimum Gasteiger partial charge on any atom is -0.329 e. The van der Waals surface area contributed by atoms with Gasteiger partial charge in [0.1, 0.15) is 0 Å². The number of rotatable bonds is 1. The van der Waals surface area contributed by atoms with Crippen molar-refractivity contribution in [3.05, 3.63) is 0 Å². The number of carbonyl (C=O) groups is 1. The first-order chi connectivity index (χ1) is 4.70. The van der Waals surface area contributed by atoms with Crippen LogP contribution in [-0.4, -0.2) is 17.3 Å². The van der Waals surface area contributed by atoms with Gasteiger partial charge in [-0.2, -0.15) is 0 Å². The molecule has 0 radical (unpaired) electrons. The van der Waals surface area contributed by atoms with E-state index in [1.165, 1.54) is 0 Å². The van der Waals surface area contributed by atoms with Gasteiger partial charge in [-0.3, -0.25) is 0 Å². The Balaban J connectivity index is 2.39. The highest BCUT2D eigenvalue weighted by Crippen LogP contribution is 2.17. The van der Waals surface area contributed by atoms with Crippen molar-refractivity contribution in [3.63, 3.8) is 0 Å². The average Bonchev–Trinajstić information content (AvgIpc) is 1.88. The topological polar surface area (TPSA) is 41.1 Å². The summed E-state index contributed by atoms with van der Waals surface area (Å²) < 4.78 is 0. The van der Waals surface area contributed by atoms with Gasteiger partial charge in [0.2, 0.25) is 0 Å². The summed E-state index contributed by atoms with van der Waals surface area (Å²) in [5.41, 5.74) is 0. The molecule has 2 amide bonds. The average molecular weight is 160 g/mol. The lowest BCUT2D eigenvalue weighted by atomic mass is 10.2. The van der Waals surface area contributed by atoms with Crippen molar-refractivity contribution in [2.75, 3.05) is 5.88 Å². The first-order valence-electron chi connectivity index (χ1n) is 3.36. The van der Waals surface area contributed by atoms with E-state index >= 15 is 0 Å². The van der Waals surface area contributed by atoms with Gasteiger partial charge in [-0.05, 0) is 5.92 Å². The minimum absolute atomic E-state index is 0.0440. The van der Waals surface area contributed by atoms with Crippen LogP contribution in [0.15, 0.2) is 0 Å². The van der Waals surface area contributed by atoms with Crippen LogP contribution >= 0.6 is 11.8 Å². The summed E-state index contributed by atoms with van der Waals surface area (Å²) in [5.74, 6) is 1.24. The summed E-state index contributed by atoms with van der Waals surface area (Å²) in [6.45, 7) is 4.20. The molecule has 0 aliphatic carbocycles. The Morgan fingerprint density at radius 2 is 2.40 bits per heavy atom. The quantitative estimate of drug-likeness (QED) is 0.600. The standard InChI is InChI=1S/C6H12N2OS/c1-4(2)5-8-6(9)7-3-10-5/h4-5H,3H2,1-2H3,(H2,7,8,9). The van der Waals surface area contributed by atoms with Gasteiger partial charge in [-0.15, -0.1) is 11.8 Å². The molecule has 1 atom stereocenters. The van der Waals surface area contributed by atoms with Gasteiger partial charge < -0.3 is 10.6 Å². The summed E-state index contributed by atoms with van der Waals surface area (Å²) in [5, 5.41) is 5.79. The highest BCUT2D eigenvalue weighted by molar-refractivity contribution is 7.99. The highest BCUT2D eigenvalue weighted by Gasteiger charge is 2.20. The second-order valence-corrected chi connectivity index (χ2v) is 3.76. The first-order valence-corrected chi connectivity index (χ1v) is 4.41. The van der Waals surface area contributed by atoms with E-state index in [-0.39, 0.29) is 11.4 Å². The number of amides is 2. The fraction of sp³-hybridized carbons (Fsp3) is 0.833. The minimum atomic E-state index is -0.0440. The van der Waals surface area contributed by atoms with E-state index in [0.29, 0.717) is 5.92 Å². The number of carbonyl (C=O) groups excluding carboxylic acids is 1. The van der Waals surface area contributed by atoms with Crippen LogP contribution in [0.3, 0.4) is 0 Å².